The lowest BCUT2D eigenvalue weighted by Gasteiger charge is -2.45. The summed E-state index contributed by atoms with van der Waals surface area (Å²) < 4.78 is 304. The van der Waals surface area contributed by atoms with Gasteiger partial charge in [-0.15, -0.1) is 0 Å². The number of aliphatic carboxylic acids is 1. The first-order valence-corrected chi connectivity index (χ1v) is 9.07. The van der Waals surface area contributed by atoms with Crippen LogP contribution in [-0.4, -0.2) is 71.4 Å². The lowest BCUT2D eigenvalue weighted by Crippen LogP contribution is -2.77. The molecule has 0 aromatic heterocycles. The molecule has 0 saturated heterocycles. The highest BCUT2D eigenvalue weighted by Crippen LogP contribution is 2.67. The van der Waals surface area contributed by atoms with Gasteiger partial charge in [-0.25, -0.2) is 0 Å². The van der Waals surface area contributed by atoms with Crippen LogP contribution in [0.15, 0.2) is 12.2 Å². The molecular formula is C16H6F23O2-. The van der Waals surface area contributed by atoms with Crippen molar-refractivity contribution in [1.29, 1.82) is 0 Å². The number of halogens is 23. The van der Waals surface area contributed by atoms with Crippen LogP contribution in [0.3, 0.4) is 0 Å². The van der Waals surface area contributed by atoms with Gasteiger partial charge in [0.15, 0.2) is 0 Å². The summed E-state index contributed by atoms with van der Waals surface area (Å²) in [4.78, 5) is 10.2. The van der Waals surface area contributed by atoms with Crippen molar-refractivity contribution >= 4 is 5.97 Å². The van der Waals surface area contributed by atoms with Gasteiger partial charge in [0.1, 0.15) is 0 Å². The third-order valence-corrected chi connectivity index (χ3v) is 5.00. The van der Waals surface area contributed by atoms with Crippen molar-refractivity contribution in [3.8, 4) is 0 Å². The smallest absolute Gasteiger partial charge is 0.460 e. The van der Waals surface area contributed by atoms with Crippen molar-refractivity contribution in [2.75, 3.05) is 0 Å². The monoisotopic (exact) mass is 667 g/mol. The third-order valence-electron chi connectivity index (χ3n) is 5.00. The largest absolute Gasteiger partial charge is 0.545 e. The first-order chi connectivity index (χ1) is 17.3. The van der Waals surface area contributed by atoms with Crippen LogP contribution in [0, 0.1) is 0 Å². The molecule has 0 atom stereocenters. The molecule has 0 unspecified atom stereocenters. The topological polar surface area (TPSA) is 40.1 Å². The number of carbonyl (C=O) groups excluding carboxylic acids is 1. The summed E-state index contributed by atoms with van der Waals surface area (Å²) >= 11 is 0. The van der Waals surface area contributed by atoms with E-state index >= 15 is 0 Å². The van der Waals surface area contributed by atoms with E-state index < -0.39 is 89.8 Å². The van der Waals surface area contributed by atoms with Gasteiger partial charge in [0.2, 0.25) is 0 Å². The molecule has 0 bridgehead atoms. The molecule has 0 N–H and O–H groups in total. The molecule has 2 nitrogen and oxygen atoms in total. The Morgan fingerprint density at radius 2 is 0.659 bits per heavy atom. The Morgan fingerprint density at radius 1 is 0.439 bits per heavy atom. The number of carbonyl (C=O) groups is 1. The molecule has 0 amide bonds. The van der Waals surface area contributed by atoms with Gasteiger partial charge in [-0.2, -0.15) is 101 Å². The van der Waals surface area contributed by atoms with E-state index in [4.69, 9.17) is 0 Å². The molecule has 0 radical (unpaired) electrons. The SMILES string of the molecule is C=C(CCC(F)(F)C(F)(F)C(F)(F)C(F)(F)C(F)(F)C(F)(F)C(F)(F)C(F)(F)C(F)(F)C(F)(F)C(F)(F)F)C(=O)[O-]. The molecule has 0 aromatic rings. The minimum Gasteiger partial charge on any atom is -0.545 e. The Bertz CT molecular complexity index is 1000. The van der Waals surface area contributed by atoms with Crippen molar-refractivity contribution in [1.82, 2.24) is 0 Å². The fourth-order valence-electron chi connectivity index (χ4n) is 2.35. The van der Waals surface area contributed by atoms with Gasteiger partial charge in [0.05, 0.1) is 5.97 Å². The van der Waals surface area contributed by atoms with Crippen molar-refractivity contribution < 1.29 is 111 Å². The van der Waals surface area contributed by atoms with Crippen LogP contribution in [0.5, 0.6) is 0 Å². The maximum Gasteiger partial charge on any atom is 0.460 e. The number of carboxylic acids is 1. The van der Waals surface area contributed by atoms with E-state index in [0.29, 0.717) is 0 Å². The van der Waals surface area contributed by atoms with E-state index in [-0.39, 0.29) is 0 Å². The number of hydrogen-bond donors (Lipinski definition) is 0. The molecule has 0 heterocycles. The van der Waals surface area contributed by atoms with Crippen LogP contribution in [0.4, 0.5) is 101 Å². The predicted octanol–water partition coefficient (Wildman–Crippen LogP) is 6.99. The minimum absolute atomic E-state index is 1.72. The van der Waals surface area contributed by atoms with Crippen LogP contribution in [-0.2, 0) is 4.79 Å². The number of rotatable bonds is 13. The molecule has 0 fully saturated rings. The van der Waals surface area contributed by atoms with Crippen molar-refractivity contribution in [3.63, 3.8) is 0 Å². The van der Waals surface area contributed by atoms with E-state index in [1.165, 1.54) is 0 Å². The quantitative estimate of drug-likeness (QED) is 0.157. The number of carboxylic acid groups (broad SMARTS) is 1. The van der Waals surface area contributed by atoms with Crippen LogP contribution >= 0.6 is 0 Å². The molecule has 0 aliphatic heterocycles. The highest BCUT2D eigenvalue weighted by atomic mass is 19.4. The third kappa shape index (κ3) is 5.00. The Labute approximate surface area is 208 Å². The zero-order chi connectivity index (χ0) is 34.1. The highest BCUT2D eigenvalue weighted by molar-refractivity contribution is 5.83. The van der Waals surface area contributed by atoms with Crippen LogP contribution in [0.1, 0.15) is 12.8 Å². The summed E-state index contributed by atoms with van der Waals surface area (Å²) in [7, 11) is 0. The molecule has 0 spiro atoms. The van der Waals surface area contributed by atoms with E-state index in [2.05, 4.69) is 6.58 Å². The second kappa shape index (κ2) is 9.82. The van der Waals surface area contributed by atoms with E-state index in [1.54, 1.807) is 0 Å². The highest BCUT2D eigenvalue weighted by Gasteiger charge is 2.98. The predicted molar refractivity (Wildman–Crippen MR) is 78.9 cm³/mol. The first kappa shape index (κ1) is 38.6. The standard InChI is InChI=1S/C16H7F23O2/c1-4(5(40)41)2-3-6(17,18)7(19,20)8(21,22)9(23,24)10(25,26)11(27,28)12(29,30)13(31,32)14(33,34)15(35,36)16(37,38)39/h1-3H2,(H,40,41)/p-1. The molecule has 25 heteroatoms. The van der Waals surface area contributed by atoms with E-state index in [0.717, 1.165) is 0 Å². The van der Waals surface area contributed by atoms with Gasteiger partial charge in [0, 0.05) is 6.42 Å². The van der Waals surface area contributed by atoms with Crippen molar-refractivity contribution in [3.05, 3.63) is 12.2 Å². The molecule has 0 rings (SSSR count). The minimum atomic E-state index is -9.46. The van der Waals surface area contributed by atoms with Gasteiger partial charge < -0.3 is 9.90 Å². The number of alkyl halides is 23. The second-order valence-electron chi connectivity index (χ2n) is 7.76. The van der Waals surface area contributed by atoms with Gasteiger partial charge >= 0.3 is 65.4 Å². The average molecular weight is 667 g/mol. The average Bonchev–Trinajstić information content (AvgIpc) is 2.75. The lowest BCUT2D eigenvalue weighted by atomic mass is 9.84. The summed E-state index contributed by atoms with van der Waals surface area (Å²) in [5, 5.41) is 10.2. The summed E-state index contributed by atoms with van der Waals surface area (Å²) in [6, 6.07) is 0. The van der Waals surface area contributed by atoms with Crippen LogP contribution in [0.25, 0.3) is 0 Å². The molecule has 41 heavy (non-hydrogen) atoms. The Hall–Kier alpha value is -2.40. The van der Waals surface area contributed by atoms with Gasteiger partial charge in [0.25, 0.3) is 0 Å². The molecule has 0 saturated carbocycles. The van der Waals surface area contributed by atoms with Crippen LogP contribution < -0.4 is 5.11 Å². The van der Waals surface area contributed by atoms with Crippen molar-refractivity contribution in [2.24, 2.45) is 0 Å². The normalized spacial score (nSPS) is 16.2. The maximum absolute atomic E-state index is 13.7. The summed E-state index contributed by atoms with van der Waals surface area (Å²) in [6.07, 6.45) is -13.4. The Kier molecular flexibility index (Phi) is 9.25. The zero-order valence-electron chi connectivity index (χ0n) is 18.1. The second-order valence-corrected chi connectivity index (χ2v) is 7.76. The number of hydrogen-bond acceptors (Lipinski definition) is 2. The Balaban J connectivity index is 7.08. The molecule has 0 aliphatic rings. The lowest BCUT2D eigenvalue weighted by molar-refractivity contribution is -0.478. The van der Waals surface area contributed by atoms with E-state index in [1.807, 2.05) is 0 Å². The molecule has 244 valence electrons. The summed E-state index contributed by atoms with van der Waals surface area (Å²) in [6.45, 7) is 2.29. The fourth-order valence-corrected chi connectivity index (χ4v) is 2.35. The van der Waals surface area contributed by atoms with Crippen molar-refractivity contribution in [2.45, 2.75) is 78.2 Å². The van der Waals surface area contributed by atoms with Gasteiger partial charge in [-0.3, -0.25) is 0 Å². The fraction of sp³-hybridized carbons (Fsp3) is 0.812. The van der Waals surface area contributed by atoms with E-state index in [9.17, 15) is 111 Å². The first-order valence-electron chi connectivity index (χ1n) is 9.07. The summed E-state index contributed by atoms with van der Waals surface area (Å²) in [5.41, 5.74) is -1.72. The maximum atomic E-state index is 13.7. The Morgan fingerprint density at radius 3 is 0.878 bits per heavy atom. The molecular weight excluding hydrogens is 661 g/mol. The summed E-state index contributed by atoms with van der Waals surface area (Å²) in [5.74, 6) is -91.0. The zero-order valence-corrected chi connectivity index (χ0v) is 18.1. The molecule has 0 aliphatic carbocycles. The molecule has 0 aromatic carbocycles. The van der Waals surface area contributed by atoms with Gasteiger partial charge in [-0.1, -0.05) is 6.58 Å². The van der Waals surface area contributed by atoms with Crippen LogP contribution in [0.2, 0.25) is 0 Å². The van der Waals surface area contributed by atoms with Gasteiger partial charge in [-0.05, 0) is 12.0 Å².